The minimum absolute atomic E-state index is 0.0186. The number of halogens is 1. The molecule has 1 atom stereocenters. The van der Waals surface area contributed by atoms with Crippen molar-refractivity contribution in [2.24, 2.45) is 5.92 Å². The van der Waals surface area contributed by atoms with Gasteiger partial charge in [0.1, 0.15) is 0 Å². The highest BCUT2D eigenvalue weighted by molar-refractivity contribution is 9.10. The molecule has 0 spiro atoms. The Morgan fingerprint density at radius 2 is 2.14 bits per heavy atom. The van der Waals surface area contributed by atoms with Crippen LogP contribution in [0.5, 0.6) is 0 Å². The number of nitrogens with zero attached hydrogens (tertiary/aromatic N) is 2. The maximum atomic E-state index is 10.6. The predicted octanol–water partition coefficient (Wildman–Crippen LogP) is 3.78. The van der Waals surface area contributed by atoms with Gasteiger partial charge in [0.25, 0.3) is 0 Å². The lowest BCUT2D eigenvalue weighted by molar-refractivity contribution is -0.137. The number of carbonyl (C=O) groups is 1. The van der Waals surface area contributed by atoms with Crippen molar-refractivity contribution in [3.05, 3.63) is 40.5 Å². The summed E-state index contributed by atoms with van der Waals surface area (Å²) in [5, 5.41) is 12.6. The summed E-state index contributed by atoms with van der Waals surface area (Å²) in [5.41, 5.74) is 0. The summed E-state index contributed by atoms with van der Waals surface area (Å²) >= 11 is 5.02. The molecule has 2 aromatic rings. The fourth-order valence-corrected chi connectivity index (χ4v) is 2.78. The monoisotopic (exact) mass is 370 g/mol. The van der Waals surface area contributed by atoms with Crippen molar-refractivity contribution in [1.29, 1.82) is 0 Å². The van der Waals surface area contributed by atoms with Crippen LogP contribution in [0.3, 0.4) is 0 Å². The van der Waals surface area contributed by atoms with Crippen LogP contribution in [0.2, 0.25) is 0 Å². The van der Waals surface area contributed by atoms with Crippen LogP contribution in [0.1, 0.15) is 25.1 Å². The summed E-state index contributed by atoms with van der Waals surface area (Å²) in [7, 11) is 0. The fraction of sp³-hybridized carbons (Fsp3) is 0.357. The molecular formula is C14H15BrN2O3S. The van der Waals surface area contributed by atoms with Crippen LogP contribution < -0.4 is 0 Å². The van der Waals surface area contributed by atoms with Crippen molar-refractivity contribution < 1.29 is 14.4 Å². The molecule has 1 aromatic heterocycles. The van der Waals surface area contributed by atoms with Crippen LogP contribution in [-0.4, -0.2) is 21.2 Å². The molecule has 7 heteroatoms. The summed E-state index contributed by atoms with van der Waals surface area (Å²) in [4.78, 5) is 16.0. The van der Waals surface area contributed by atoms with Gasteiger partial charge in [0.2, 0.25) is 5.89 Å². The number of hydrogen-bond acceptors (Lipinski definition) is 5. The number of carboxylic acid groups (broad SMARTS) is 1. The molecule has 0 aliphatic heterocycles. The zero-order valence-corrected chi connectivity index (χ0v) is 13.9. The average molecular weight is 371 g/mol. The predicted molar refractivity (Wildman–Crippen MR) is 83.1 cm³/mol. The van der Waals surface area contributed by atoms with Gasteiger partial charge < -0.3 is 9.63 Å². The van der Waals surface area contributed by atoms with Gasteiger partial charge >= 0.3 is 5.97 Å². The lowest BCUT2D eigenvalue weighted by Gasteiger charge is -2.03. The Balaban J connectivity index is 1.85. The zero-order chi connectivity index (χ0) is 15.2. The number of aromatic nitrogens is 2. The molecule has 0 amide bonds. The number of thioether (sulfide) groups is 1. The molecule has 1 unspecified atom stereocenters. The van der Waals surface area contributed by atoms with Gasteiger partial charge in [-0.3, -0.25) is 4.79 Å². The third-order valence-electron chi connectivity index (χ3n) is 2.74. The summed E-state index contributed by atoms with van der Waals surface area (Å²) in [6.07, 6.45) is 0.591. The normalized spacial score (nSPS) is 12.3. The molecule has 0 saturated carbocycles. The fourth-order valence-electron chi connectivity index (χ4n) is 1.78. The molecule has 1 N–H and O–H groups in total. The van der Waals surface area contributed by atoms with E-state index >= 15 is 0 Å². The summed E-state index contributed by atoms with van der Waals surface area (Å²) in [5.74, 6) is 0.914. The van der Waals surface area contributed by atoms with Crippen LogP contribution in [0, 0.1) is 5.92 Å². The first-order valence-corrected chi connectivity index (χ1v) is 8.22. The zero-order valence-electron chi connectivity index (χ0n) is 11.5. The lowest BCUT2D eigenvalue weighted by atomic mass is 10.0. The molecule has 112 valence electrons. The van der Waals surface area contributed by atoms with E-state index in [2.05, 4.69) is 26.1 Å². The van der Waals surface area contributed by atoms with E-state index in [1.165, 1.54) is 0 Å². The van der Waals surface area contributed by atoms with Crippen molar-refractivity contribution in [2.75, 3.05) is 0 Å². The van der Waals surface area contributed by atoms with E-state index in [0.29, 0.717) is 23.9 Å². The van der Waals surface area contributed by atoms with Gasteiger partial charge in [0, 0.05) is 22.2 Å². The Kier molecular flexibility index (Phi) is 5.81. The Bertz CT molecular complexity index is 601. The number of hydrogen-bond donors (Lipinski definition) is 1. The van der Waals surface area contributed by atoms with Crippen molar-refractivity contribution in [3.8, 4) is 0 Å². The Morgan fingerprint density at radius 3 is 2.81 bits per heavy atom. The minimum atomic E-state index is -0.812. The summed E-state index contributed by atoms with van der Waals surface area (Å²) in [6.45, 7) is 1.86. The molecular weight excluding hydrogens is 356 g/mol. The van der Waals surface area contributed by atoms with Crippen molar-refractivity contribution in [2.45, 2.75) is 30.4 Å². The first-order valence-electron chi connectivity index (χ1n) is 6.44. The van der Waals surface area contributed by atoms with Crippen LogP contribution in [0.4, 0.5) is 0 Å². The van der Waals surface area contributed by atoms with Gasteiger partial charge in [0.05, 0.1) is 5.75 Å². The standard InChI is InChI=1S/C14H15BrN2O3S/c1-9(7-14(18)19)6-13-16-12(17-20-13)8-21-11-4-2-10(15)3-5-11/h2-5,9H,6-8H2,1H3,(H,18,19). The second kappa shape index (κ2) is 7.61. The Hall–Kier alpha value is -1.34. The molecule has 0 saturated heterocycles. The molecule has 0 fully saturated rings. The van der Waals surface area contributed by atoms with Crippen molar-refractivity contribution in [1.82, 2.24) is 10.1 Å². The van der Waals surface area contributed by atoms with E-state index in [1.807, 2.05) is 31.2 Å². The third kappa shape index (κ3) is 5.51. The number of rotatable bonds is 7. The van der Waals surface area contributed by atoms with Gasteiger partial charge in [-0.05, 0) is 30.2 Å². The molecule has 1 aromatic carbocycles. The Morgan fingerprint density at radius 1 is 1.43 bits per heavy atom. The van der Waals surface area contributed by atoms with E-state index in [-0.39, 0.29) is 12.3 Å². The number of carboxylic acids is 1. The van der Waals surface area contributed by atoms with Crippen molar-refractivity contribution in [3.63, 3.8) is 0 Å². The molecule has 0 aliphatic rings. The van der Waals surface area contributed by atoms with Crippen LogP contribution in [0.15, 0.2) is 38.2 Å². The van der Waals surface area contributed by atoms with E-state index in [1.54, 1.807) is 11.8 Å². The Labute approximate surface area is 135 Å². The van der Waals surface area contributed by atoms with Gasteiger partial charge in [-0.25, -0.2) is 0 Å². The van der Waals surface area contributed by atoms with Crippen LogP contribution in [0.25, 0.3) is 0 Å². The van der Waals surface area contributed by atoms with Gasteiger partial charge in [-0.15, -0.1) is 11.8 Å². The largest absolute Gasteiger partial charge is 0.481 e. The summed E-state index contributed by atoms with van der Waals surface area (Å²) in [6, 6.07) is 8.00. The molecule has 5 nitrogen and oxygen atoms in total. The second-order valence-electron chi connectivity index (χ2n) is 4.75. The SMILES string of the molecule is CC(CC(=O)O)Cc1nc(CSc2ccc(Br)cc2)no1. The molecule has 0 aliphatic carbocycles. The minimum Gasteiger partial charge on any atom is -0.481 e. The molecule has 1 heterocycles. The van der Waals surface area contributed by atoms with E-state index in [9.17, 15) is 4.79 Å². The highest BCUT2D eigenvalue weighted by Crippen LogP contribution is 2.23. The van der Waals surface area contributed by atoms with Crippen molar-refractivity contribution >= 4 is 33.7 Å². The lowest BCUT2D eigenvalue weighted by Crippen LogP contribution is -2.07. The number of benzene rings is 1. The quantitative estimate of drug-likeness (QED) is 0.747. The summed E-state index contributed by atoms with van der Waals surface area (Å²) < 4.78 is 6.19. The molecule has 0 bridgehead atoms. The van der Waals surface area contributed by atoms with E-state index < -0.39 is 5.97 Å². The molecule has 21 heavy (non-hydrogen) atoms. The first kappa shape index (κ1) is 16.0. The van der Waals surface area contributed by atoms with E-state index in [0.717, 1.165) is 9.37 Å². The molecule has 0 radical (unpaired) electrons. The maximum absolute atomic E-state index is 10.6. The first-order chi connectivity index (χ1) is 10.0. The highest BCUT2D eigenvalue weighted by atomic mass is 79.9. The number of aliphatic carboxylic acids is 1. The van der Waals surface area contributed by atoms with Gasteiger partial charge in [-0.1, -0.05) is 28.0 Å². The third-order valence-corrected chi connectivity index (χ3v) is 4.27. The second-order valence-corrected chi connectivity index (χ2v) is 6.72. The van der Waals surface area contributed by atoms with Crippen LogP contribution in [-0.2, 0) is 17.0 Å². The van der Waals surface area contributed by atoms with Gasteiger partial charge in [-0.2, -0.15) is 4.98 Å². The smallest absolute Gasteiger partial charge is 0.303 e. The van der Waals surface area contributed by atoms with E-state index in [4.69, 9.17) is 9.63 Å². The van der Waals surface area contributed by atoms with Crippen LogP contribution >= 0.6 is 27.7 Å². The average Bonchev–Trinajstić information content (AvgIpc) is 2.84. The topological polar surface area (TPSA) is 76.2 Å². The highest BCUT2D eigenvalue weighted by Gasteiger charge is 2.13. The van der Waals surface area contributed by atoms with Gasteiger partial charge in [0.15, 0.2) is 5.82 Å². The molecule has 2 rings (SSSR count). The maximum Gasteiger partial charge on any atom is 0.303 e.